The average molecular weight is 497 g/mol. The molecule has 1 N–H and O–H groups in total. The predicted molar refractivity (Wildman–Crippen MR) is 138 cm³/mol. The van der Waals surface area contributed by atoms with Gasteiger partial charge in [-0.2, -0.15) is 5.10 Å². The molecule has 2 aromatic rings. The maximum atomic E-state index is 14.1. The first-order chi connectivity index (χ1) is 17.0. The van der Waals surface area contributed by atoms with Crippen LogP contribution in [0.25, 0.3) is 5.57 Å². The number of carbonyl (C=O) groups excluding carboxylic acids is 1. The van der Waals surface area contributed by atoms with E-state index in [0.29, 0.717) is 16.5 Å². The number of amides is 1. The van der Waals surface area contributed by atoms with Crippen LogP contribution < -0.4 is 4.90 Å². The molecule has 0 unspecified atom stereocenters. The molecule has 2 saturated carbocycles. The van der Waals surface area contributed by atoms with E-state index in [1.807, 2.05) is 15.6 Å². The van der Waals surface area contributed by atoms with Crippen LogP contribution in [0.15, 0.2) is 24.8 Å². The van der Waals surface area contributed by atoms with Crippen LogP contribution in [0.5, 0.6) is 0 Å². The zero-order valence-corrected chi connectivity index (χ0v) is 21.4. The van der Waals surface area contributed by atoms with Gasteiger partial charge in [-0.25, -0.2) is 14.5 Å². The molecule has 3 aliphatic rings. The number of aromatic nitrogens is 3. The van der Waals surface area contributed by atoms with Gasteiger partial charge in [-0.3, -0.25) is 4.79 Å². The second kappa shape index (κ2) is 10.6. The summed E-state index contributed by atoms with van der Waals surface area (Å²) in [6.45, 7) is 2.26. The van der Waals surface area contributed by atoms with Crippen LogP contribution in [0.2, 0.25) is 0 Å². The molecule has 0 atom stereocenters. The topological polar surface area (TPSA) is 88.3 Å². The van der Waals surface area contributed by atoms with E-state index < -0.39 is 5.97 Å². The molecular weight excluding hydrogens is 460 g/mol. The Bertz CT molecular complexity index is 1060. The molecule has 1 amide bonds. The van der Waals surface area contributed by atoms with Gasteiger partial charge < -0.3 is 10.0 Å². The summed E-state index contributed by atoms with van der Waals surface area (Å²) in [6, 6.07) is 2.31. The maximum Gasteiger partial charge on any atom is 0.348 e. The Kier molecular flexibility index (Phi) is 7.37. The Hall–Kier alpha value is -2.48. The zero-order valence-electron chi connectivity index (χ0n) is 20.6. The van der Waals surface area contributed by atoms with Crippen molar-refractivity contribution < 1.29 is 14.7 Å². The highest BCUT2D eigenvalue weighted by Crippen LogP contribution is 2.42. The molecule has 2 heterocycles. The minimum atomic E-state index is -0.931. The minimum Gasteiger partial charge on any atom is -0.477 e. The van der Waals surface area contributed by atoms with Gasteiger partial charge in [0.15, 0.2) is 0 Å². The van der Waals surface area contributed by atoms with Crippen molar-refractivity contribution in [3.05, 3.63) is 34.6 Å². The molecule has 0 aliphatic heterocycles. The lowest BCUT2D eigenvalue weighted by molar-refractivity contribution is -0.124. The molecule has 0 radical (unpaired) electrons. The Labute approximate surface area is 211 Å². The molecule has 0 bridgehead atoms. The fraction of sp³-hybridized carbons (Fsp3) is 0.630. The number of allylic oxidation sites excluding steroid dienone is 2. The highest BCUT2D eigenvalue weighted by Gasteiger charge is 2.38. The number of hydrogen-bond donors (Lipinski definition) is 1. The molecule has 0 spiro atoms. The lowest BCUT2D eigenvalue weighted by atomic mass is 9.81. The predicted octanol–water partition coefficient (Wildman–Crippen LogP) is 6.34. The standard InChI is InChI=1S/C27H36N4O3S/c1-18-7-9-20(10-8-18)26(32)31(22-13-11-21(12-14-22)30-17-28-16-29-30)23-15-24(35-25(23)27(33)34)19-5-3-2-4-6-19/h5,15-18,20-22H,2-4,6-14H2,1H3,(H,33,34)/t18-,20-,21-,22+. The van der Waals surface area contributed by atoms with Crippen LogP contribution in [0.1, 0.15) is 105 Å². The molecule has 3 aliphatic carbocycles. The van der Waals surface area contributed by atoms with Gasteiger partial charge in [-0.1, -0.05) is 13.0 Å². The van der Waals surface area contributed by atoms with E-state index in [4.69, 9.17) is 0 Å². The molecule has 188 valence electrons. The van der Waals surface area contributed by atoms with Gasteiger partial charge in [-0.05, 0) is 94.6 Å². The lowest BCUT2D eigenvalue weighted by Crippen LogP contribution is -2.46. The number of hydrogen-bond acceptors (Lipinski definition) is 5. The third-order valence-electron chi connectivity index (χ3n) is 8.22. The lowest BCUT2D eigenvalue weighted by Gasteiger charge is -2.39. The van der Waals surface area contributed by atoms with E-state index in [2.05, 4.69) is 23.1 Å². The third kappa shape index (κ3) is 5.22. The monoisotopic (exact) mass is 496 g/mol. The van der Waals surface area contributed by atoms with Crippen molar-refractivity contribution in [3.63, 3.8) is 0 Å². The molecule has 2 aromatic heterocycles. The van der Waals surface area contributed by atoms with Crippen molar-refractivity contribution >= 4 is 34.5 Å². The van der Waals surface area contributed by atoms with Gasteiger partial charge in [0, 0.05) is 16.8 Å². The quantitative estimate of drug-likeness (QED) is 0.504. The number of carboxylic acids is 1. The normalized spacial score (nSPS) is 27.3. The summed E-state index contributed by atoms with van der Waals surface area (Å²) in [5.41, 5.74) is 1.86. The first-order valence-corrected chi connectivity index (χ1v) is 14.1. The van der Waals surface area contributed by atoms with Gasteiger partial charge in [-0.15, -0.1) is 11.3 Å². The second-order valence-corrected chi connectivity index (χ2v) is 11.7. The number of rotatable bonds is 6. The van der Waals surface area contributed by atoms with E-state index in [9.17, 15) is 14.7 Å². The zero-order chi connectivity index (χ0) is 24.4. The van der Waals surface area contributed by atoms with Crippen molar-refractivity contribution in [2.75, 3.05) is 4.90 Å². The van der Waals surface area contributed by atoms with E-state index in [1.54, 1.807) is 12.7 Å². The average Bonchev–Trinajstić information content (AvgIpc) is 3.57. The smallest absolute Gasteiger partial charge is 0.348 e. The van der Waals surface area contributed by atoms with Crippen LogP contribution in [-0.2, 0) is 4.79 Å². The minimum absolute atomic E-state index is 0.0156. The number of carbonyl (C=O) groups is 2. The number of carboxylic acid groups (broad SMARTS) is 1. The molecule has 2 fully saturated rings. The van der Waals surface area contributed by atoms with E-state index in [1.165, 1.54) is 23.3 Å². The van der Waals surface area contributed by atoms with E-state index in [0.717, 1.165) is 75.5 Å². The summed E-state index contributed by atoms with van der Waals surface area (Å²) in [4.78, 5) is 33.8. The fourth-order valence-electron chi connectivity index (χ4n) is 6.12. The van der Waals surface area contributed by atoms with Gasteiger partial charge in [0.05, 0.1) is 11.7 Å². The molecule has 5 rings (SSSR count). The van der Waals surface area contributed by atoms with Crippen LogP contribution >= 0.6 is 11.3 Å². The molecule has 8 heteroatoms. The first-order valence-electron chi connectivity index (χ1n) is 13.2. The highest BCUT2D eigenvalue weighted by atomic mass is 32.1. The molecule has 0 aromatic carbocycles. The van der Waals surface area contributed by atoms with Crippen LogP contribution in [0.4, 0.5) is 5.69 Å². The second-order valence-electron chi connectivity index (χ2n) is 10.6. The summed E-state index contributed by atoms with van der Waals surface area (Å²) >= 11 is 1.35. The SMILES string of the molecule is C[C@H]1CC[C@H](C(=O)N(c2cc(C3=CCCCC3)sc2C(=O)O)[C@H]2CC[C@@H](n3cncn3)CC2)CC1. The highest BCUT2D eigenvalue weighted by molar-refractivity contribution is 7.15. The summed E-state index contributed by atoms with van der Waals surface area (Å²) < 4.78 is 1.92. The summed E-state index contributed by atoms with van der Waals surface area (Å²) in [5.74, 6) is -0.158. The molecule has 35 heavy (non-hydrogen) atoms. The summed E-state index contributed by atoms with van der Waals surface area (Å²) in [6.07, 6.45) is 17.4. The van der Waals surface area contributed by atoms with Crippen LogP contribution in [0.3, 0.4) is 0 Å². The Morgan fingerprint density at radius 2 is 1.86 bits per heavy atom. The van der Waals surface area contributed by atoms with Crippen molar-refractivity contribution in [3.8, 4) is 0 Å². The number of aromatic carboxylic acids is 1. The molecule has 7 nitrogen and oxygen atoms in total. The van der Waals surface area contributed by atoms with Crippen molar-refractivity contribution in [1.82, 2.24) is 14.8 Å². The number of anilines is 1. The van der Waals surface area contributed by atoms with Crippen LogP contribution in [0, 0.1) is 11.8 Å². The Balaban J connectivity index is 1.46. The van der Waals surface area contributed by atoms with Gasteiger partial charge in [0.25, 0.3) is 0 Å². The van der Waals surface area contributed by atoms with Crippen LogP contribution in [-0.4, -0.2) is 37.8 Å². The molecule has 0 saturated heterocycles. The van der Waals surface area contributed by atoms with E-state index in [-0.39, 0.29) is 23.9 Å². The Morgan fingerprint density at radius 1 is 1.09 bits per heavy atom. The third-order valence-corrected chi connectivity index (χ3v) is 9.41. The fourth-order valence-corrected chi connectivity index (χ4v) is 7.18. The summed E-state index contributed by atoms with van der Waals surface area (Å²) in [7, 11) is 0. The largest absolute Gasteiger partial charge is 0.477 e. The van der Waals surface area contributed by atoms with Gasteiger partial charge >= 0.3 is 5.97 Å². The van der Waals surface area contributed by atoms with Gasteiger partial charge in [0.1, 0.15) is 17.5 Å². The van der Waals surface area contributed by atoms with Crippen molar-refractivity contribution in [2.24, 2.45) is 11.8 Å². The number of thiophene rings is 1. The first kappa shape index (κ1) is 24.2. The Morgan fingerprint density at radius 3 is 2.49 bits per heavy atom. The summed E-state index contributed by atoms with van der Waals surface area (Å²) in [5, 5.41) is 14.5. The molecular formula is C27H36N4O3S. The van der Waals surface area contributed by atoms with Gasteiger partial charge in [0.2, 0.25) is 5.91 Å². The number of nitrogens with zero attached hydrogens (tertiary/aromatic N) is 4. The van der Waals surface area contributed by atoms with Crippen molar-refractivity contribution in [1.29, 1.82) is 0 Å². The maximum absolute atomic E-state index is 14.1. The van der Waals surface area contributed by atoms with Crippen molar-refractivity contribution in [2.45, 2.75) is 96.1 Å². The van der Waals surface area contributed by atoms with E-state index >= 15 is 0 Å².